The maximum atomic E-state index is 12.1. The number of hydrogen-bond acceptors (Lipinski definition) is 4. The second-order valence-corrected chi connectivity index (χ2v) is 6.34. The molecule has 0 aliphatic rings. The molecule has 28 heavy (non-hydrogen) atoms. The van der Waals surface area contributed by atoms with Crippen molar-refractivity contribution in [1.29, 1.82) is 0 Å². The van der Waals surface area contributed by atoms with E-state index in [4.69, 9.17) is 16.3 Å². The van der Waals surface area contributed by atoms with Crippen molar-refractivity contribution in [2.45, 2.75) is 34.2 Å². The summed E-state index contributed by atoms with van der Waals surface area (Å²) in [6, 6.07) is 9.97. The summed E-state index contributed by atoms with van der Waals surface area (Å²) in [5, 5.41) is 3.28. The summed E-state index contributed by atoms with van der Waals surface area (Å²) in [7, 11) is 1.47. The van der Waals surface area contributed by atoms with Gasteiger partial charge in [-0.25, -0.2) is 0 Å². The first-order valence-electron chi connectivity index (χ1n) is 9.44. The van der Waals surface area contributed by atoms with Crippen molar-refractivity contribution < 1.29 is 4.74 Å². The largest absolute Gasteiger partial charge is 0.490 e. The highest BCUT2D eigenvalue weighted by Gasteiger charge is 2.12. The highest BCUT2D eigenvalue weighted by atomic mass is 35.5. The van der Waals surface area contributed by atoms with Crippen LogP contribution in [0.15, 0.2) is 65.2 Å². The van der Waals surface area contributed by atoms with Gasteiger partial charge in [0, 0.05) is 11.6 Å². The molecule has 6 heteroatoms. The van der Waals surface area contributed by atoms with Crippen LogP contribution in [0.4, 0.5) is 5.95 Å². The summed E-state index contributed by atoms with van der Waals surface area (Å²) in [5.74, 6) is 1.35. The molecule has 0 fully saturated rings. The summed E-state index contributed by atoms with van der Waals surface area (Å²) < 4.78 is 7.02. The molecule has 2 aromatic rings. The van der Waals surface area contributed by atoms with Crippen molar-refractivity contribution in [3.05, 3.63) is 76.4 Å². The van der Waals surface area contributed by atoms with Gasteiger partial charge in [0.2, 0.25) is 11.7 Å². The molecular weight excluding hydrogens is 374 g/mol. The van der Waals surface area contributed by atoms with Crippen LogP contribution in [0, 0.1) is 5.92 Å². The standard InChI is InChI=1S/C20H24ClN3O2.C2H6/c1-15(2)17(11-7-8-12-21)22-20-23-19(25)18(26-3)14-24(20)13-16-9-5-4-6-10-16;1-2/h4-11,14-15H,12-13H2,1-3H3,(H,22,23,25);1-2H3/b8-7-,17-11+;. The van der Waals surface area contributed by atoms with Crippen molar-refractivity contribution in [2.75, 3.05) is 18.3 Å². The molecule has 152 valence electrons. The molecular formula is C22H30ClN3O2. The number of nitrogens with one attached hydrogen (secondary N) is 1. The third-order valence-electron chi connectivity index (χ3n) is 3.76. The van der Waals surface area contributed by atoms with Gasteiger partial charge in [0.05, 0.1) is 19.9 Å². The molecule has 5 nitrogen and oxygen atoms in total. The van der Waals surface area contributed by atoms with Gasteiger partial charge in [-0.1, -0.05) is 70.2 Å². The highest BCUT2D eigenvalue weighted by molar-refractivity contribution is 6.18. The number of halogens is 1. The predicted molar refractivity (Wildman–Crippen MR) is 118 cm³/mol. The SMILES string of the molecule is CC.COc1cn(Cc2ccccc2)c(N/C(=C/C=C\CCl)C(C)C)nc1=O. The minimum absolute atomic E-state index is 0.212. The Hall–Kier alpha value is -2.53. The average Bonchev–Trinajstić information content (AvgIpc) is 2.71. The molecule has 1 N–H and O–H groups in total. The van der Waals surface area contributed by atoms with Gasteiger partial charge in [0.25, 0.3) is 0 Å². The fraction of sp³-hybridized carbons (Fsp3) is 0.364. The number of benzene rings is 1. The Morgan fingerprint density at radius 3 is 2.54 bits per heavy atom. The second kappa shape index (κ2) is 12.8. The number of ether oxygens (including phenoxy) is 1. The zero-order chi connectivity index (χ0) is 20.9. The smallest absolute Gasteiger partial charge is 0.316 e. The maximum absolute atomic E-state index is 12.1. The molecule has 0 saturated heterocycles. The lowest BCUT2D eigenvalue weighted by molar-refractivity contribution is 0.402. The Morgan fingerprint density at radius 2 is 1.96 bits per heavy atom. The number of nitrogens with zero attached hydrogens (tertiary/aromatic N) is 2. The minimum atomic E-state index is -0.404. The van der Waals surface area contributed by atoms with Crippen LogP contribution in [0.5, 0.6) is 5.75 Å². The quantitative estimate of drug-likeness (QED) is 0.493. The van der Waals surface area contributed by atoms with E-state index in [1.165, 1.54) is 7.11 Å². The number of aromatic nitrogens is 2. The number of methoxy groups -OCH3 is 1. The number of anilines is 1. The number of rotatable bonds is 8. The third kappa shape index (κ3) is 7.24. The van der Waals surface area contributed by atoms with Crippen LogP contribution in [-0.4, -0.2) is 22.5 Å². The van der Waals surface area contributed by atoms with Gasteiger partial charge in [-0.15, -0.1) is 11.6 Å². The normalized spacial score (nSPS) is 11.3. The highest BCUT2D eigenvalue weighted by Crippen LogP contribution is 2.17. The lowest BCUT2D eigenvalue weighted by atomic mass is 10.1. The van der Waals surface area contributed by atoms with Crippen molar-refractivity contribution >= 4 is 17.5 Å². The zero-order valence-electron chi connectivity index (χ0n) is 17.3. The first-order chi connectivity index (χ1) is 13.5. The summed E-state index contributed by atoms with van der Waals surface area (Å²) in [6.07, 6.45) is 7.36. The molecule has 0 aliphatic carbocycles. The Labute approximate surface area is 172 Å². The molecule has 0 amide bonds. The molecule has 1 heterocycles. The van der Waals surface area contributed by atoms with E-state index in [2.05, 4.69) is 24.1 Å². The van der Waals surface area contributed by atoms with Crippen LogP contribution in [0.25, 0.3) is 0 Å². The number of allylic oxidation sites excluding steroid dienone is 4. The Balaban J connectivity index is 0.00000190. The van der Waals surface area contributed by atoms with Gasteiger partial charge >= 0.3 is 5.56 Å². The molecule has 1 aromatic heterocycles. The Kier molecular flexibility index (Phi) is 10.7. The molecule has 0 bridgehead atoms. The first kappa shape index (κ1) is 23.5. The monoisotopic (exact) mass is 403 g/mol. The van der Waals surface area contributed by atoms with E-state index in [0.717, 1.165) is 11.3 Å². The second-order valence-electron chi connectivity index (χ2n) is 6.04. The van der Waals surface area contributed by atoms with E-state index < -0.39 is 5.56 Å². The minimum Gasteiger partial charge on any atom is -0.490 e. The van der Waals surface area contributed by atoms with Crippen LogP contribution in [0.2, 0.25) is 0 Å². The van der Waals surface area contributed by atoms with Crippen LogP contribution in [-0.2, 0) is 6.54 Å². The topological polar surface area (TPSA) is 56.1 Å². The van der Waals surface area contributed by atoms with Crippen molar-refractivity contribution in [2.24, 2.45) is 5.92 Å². The summed E-state index contributed by atoms with van der Waals surface area (Å²) in [6.45, 7) is 8.70. The lowest BCUT2D eigenvalue weighted by Gasteiger charge is -2.18. The van der Waals surface area contributed by atoms with E-state index in [0.29, 0.717) is 18.4 Å². The van der Waals surface area contributed by atoms with Crippen LogP contribution in [0.3, 0.4) is 0 Å². The van der Waals surface area contributed by atoms with E-state index >= 15 is 0 Å². The molecule has 1 aromatic carbocycles. The molecule has 2 rings (SSSR count). The van der Waals surface area contributed by atoms with Gasteiger partial charge in [0.15, 0.2) is 0 Å². The molecule has 0 atom stereocenters. The molecule has 0 spiro atoms. The zero-order valence-corrected chi connectivity index (χ0v) is 18.0. The fourth-order valence-corrected chi connectivity index (χ4v) is 2.45. The van der Waals surface area contributed by atoms with Crippen LogP contribution < -0.4 is 15.6 Å². The summed E-state index contributed by atoms with van der Waals surface area (Å²) in [5.41, 5.74) is 1.63. The first-order valence-corrected chi connectivity index (χ1v) is 9.97. The van der Waals surface area contributed by atoms with Gasteiger partial charge in [-0.05, 0) is 17.6 Å². The average molecular weight is 404 g/mol. The van der Waals surface area contributed by atoms with Gasteiger partial charge in [0.1, 0.15) is 0 Å². The molecule has 0 saturated carbocycles. The van der Waals surface area contributed by atoms with E-state index in [9.17, 15) is 4.79 Å². The van der Waals surface area contributed by atoms with Crippen LogP contribution in [0.1, 0.15) is 33.3 Å². The maximum Gasteiger partial charge on any atom is 0.316 e. The summed E-state index contributed by atoms with van der Waals surface area (Å²) in [4.78, 5) is 16.3. The van der Waals surface area contributed by atoms with Crippen molar-refractivity contribution in [1.82, 2.24) is 9.55 Å². The fourth-order valence-electron chi connectivity index (χ4n) is 2.34. The number of hydrogen-bond donors (Lipinski definition) is 1. The molecule has 0 unspecified atom stereocenters. The van der Waals surface area contributed by atoms with E-state index in [-0.39, 0.29) is 11.7 Å². The Bertz CT molecular complexity index is 827. The molecule has 0 aliphatic heterocycles. The molecule has 0 radical (unpaired) electrons. The van der Waals surface area contributed by atoms with Gasteiger partial charge < -0.3 is 14.6 Å². The predicted octanol–water partition coefficient (Wildman–Crippen LogP) is 5.07. The van der Waals surface area contributed by atoms with Crippen molar-refractivity contribution in [3.8, 4) is 5.75 Å². The van der Waals surface area contributed by atoms with Gasteiger partial charge in [-0.2, -0.15) is 4.98 Å². The summed E-state index contributed by atoms with van der Waals surface area (Å²) >= 11 is 5.69. The third-order valence-corrected chi connectivity index (χ3v) is 3.94. The van der Waals surface area contributed by atoms with E-state index in [1.54, 1.807) is 6.20 Å². The van der Waals surface area contributed by atoms with E-state index in [1.807, 2.05) is 67.0 Å². The number of alkyl halides is 1. The Morgan fingerprint density at radius 1 is 1.29 bits per heavy atom. The van der Waals surface area contributed by atoms with Crippen molar-refractivity contribution in [3.63, 3.8) is 0 Å². The van der Waals surface area contributed by atoms with Crippen LogP contribution >= 0.6 is 11.6 Å². The lowest BCUT2D eigenvalue weighted by Crippen LogP contribution is -2.21. The van der Waals surface area contributed by atoms with Gasteiger partial charge in [-0.3, -0.25) is 4.79 Å².